The molecule has 2 aliphatic heterocycles. The number of ether oxygens (including phenoxy) is 2. The Bertz CT molecular complexity index is 667. The average molecular weight is 379 g/mol. The Balaban J connectivity index is 1.61. The van der Waals surface area contributed by atoms with Gasteiger partial charge in [-0.1, -0.05) is 19.1 Å². The van der Waals surface area contributed by atoms with Crippen molar-refractivity contribution in [2.24, 2.45) is 5.92 Å². The van der Waals surface area contributed by atoms with E-state index in [-0.39, 0.29) is 35.3 Å². The summed E-state index contributed by atoms with van der Waals surface area (Å²) >= 11 is 0. The SMILES string of the molecule is COCCOC1CCN(C(=O)c2nnn3c2C(=O)NC(CC(C)C)C3)CC1. The second-order valence-electron chi connectivity index (χ2n) is 7.62. The maximum atomic E-state index is 12.9. The maximum absolute atomic E-state index is 12.9. The normalized spacial score (nSPS) is 20.7. The molecule has 3 heterocycles. The van der Waals surface area contributed by atoms with Crippen molar-refractivity contribution in [2.75, 3.05) is 33.4 Å². The van der Waals surface area contributed by atoms with E-state index in [4.69, 9.17) is 9.47 Å². The zero-order valence-corrected chi connectivity index (χ0v) is 16.3. The first kappa shape index (κ1) is 19.8. The molecule has 9 heteroatoms. The second-order valence-corrected chi connectivity index (χ2v) is 7.62. The molecule has 0 aromatic carbocycles. The lowest BCUT2D eigenvalue weighted by Crippen LogP contribution is -2.46. The number of carbonyl (C=O) groups is 2. The molecular formula is C18H29N5O4. The van der Waals surface area contributed by atoms with E-state index in [1.165, 1.54) is 0 Å². The van der Waals surface area contributed by atoms with Gasteiger partial charge in [0.15, 0.2) is 11.4 Å². The molecule has 2 aliphatic rings. The lowest BCUT2D eigenvalue weighted by atomic mass is 10.0. The predicted molar refractivity (Wildman–Crippen MR) is 97.5 cm³/mol. The lowest BCUT2D eigenvalue weighted by molar-refractivity contribution is -0.0123. The van der Waals surface area contributed by atoms with Gasteiger partial charge in [-0.3, -0.25) is 9.59 Å². The van der Waals surface area contributed by atoms with E-state index in [1.54, 1.807) is 16.7 Å². The fourth-order valence-corrected chi connectivity index (χ4v) is 3.69. The van der Waals surface area contributed by atoms with Crippen LogP contribution in [0.1, 0.15) is 54.1 Å². The summed E-state index contributed by atoms with van der Waals surface area (Å²) in [7, 11) is 1.64. The number of likely N-dealkylation sites (tertiary alicyclic amines) is 1. The summed E-state index contributed by atoms with van der Waals surface area (Å²) in [6.45, 7) is 7.07. The summed E-state index contributed by atoms with van der Waals surface area (Å²) in [6.07, 6.45) is 2.53. The van der Waals surface area contributed by atoms with E-state index in [9.17, 15) is 9.59 Å². The van der Waals surface area contributed by atoms with Crippen molar-refractivity contribution < 1.29 is 19.1 Å². The number of nitrogens with zero attached hydrogens (tertiary/aromatic N) is 4. The Morgan fingerprint density at radius 1 is 1.30 bits per heavy atom. The standard InChI is InChI=1S/C18H29N5O4/c1-12(2)10-13-11-23-16(17(24)19-13)15(20-21-23)18(25)22-6-4-14(5-7-22)27-9-8-26-3/h12-14H,4-11H2,1-3H3,(H,19,24). The highest BCUT2D eigenvalue weighted by Crippen LogP contribution is 2.20. The molecule has 2 amide bonds. The van der Waals surface area contributed by atoms with Crippen molar-refractivity contribution in [3.05, 3.63) is 11.4 Å². The van der Waals surface area contributed by atoms with Gasteiger partial charge in [-0.2, -0.15) is 0 Å². The molecule has 9 nitrogen and oxygen atoms in total. The van der Waals surface area contributed by atoms with E-state index in [2.05, 4.69) is 29.5 Å². The van der Waals surface area contributed by atoms with Crippen molar-refractivity contribution in [1.29, 1.82) is 0 Å². The van der Waals surface area contributed by atoms with Crippen molar-refractivity contribution in [3.63, 3.8) is 0 Å². The summed E-state index contributed by atoms with van der Waals surface area (Å²) in [5.41, 5.74) is 0.424. The monoisotopic (exact) mass is 379 g/mol. The number of piperidine rings is 1. The van der Waals surface area contributed by atoms with Crippen LogP contribution in [0.3, 0.4) is 0 Å². The van der Waals surface area contributed by atoms with E-state index < -0.39 is 0 Å². The van der Waals surface area contributed by atoms with Crippen molar-refractivity contribution in [2.45, 2.75) is 51.8 Å². The number of nitrogens with one attached hydrogen (secondary N) is 1. The zero-order valence-electron chi connectivity index (χ0n) is 16.3. The minimum atomic E-state index is -0.266. The second kappa shape index (κ2) is 8.79. The zero-order chi connectivity index (χ0) is 19.4. The molecule has 0 bridgehead atoms. The van der Waals surface area contributed by atoms with Crippen LogP contribution in [0.25, 0.3) is 0 Å². The van der Waals surface area contributed by atoms with Gasteiger partial charge in [0.2, 0.25) is 0 Å². The number of hydrogen-bond acceptors (Lipinski definition) is 6. The van der Waals surface area contributed by atoms with Crippen LogP contribution in [0.4, 0.5) is 0 Å². The molecule has 1 saturated heterocycles. The summed E-state index contributed by atoms with van der Waals surface area (Å²) in [6, 6.07) is 0.0228. The number of carbonyl (C=O) groups excluding carboxylic acids is 2. The molecule has 1 aromatic heterocycles. The van der Waals surface area contributed by atoms with Gasteiger partial charge in [-0.15, -0.1) is 5.10 Å². The van der Waals surface area contributed by atoms with E-state index in [0.29, 0.717) is 38.8 Å². The molecule has 150 valence electrons. The van der Waals surface area contributed by atoms with Crippen molar-refractivity contribution in [1.82, 2.24) is 25.2 Å². The van der Waals surface area contributed by atoms with Crippen LogP contribution >= 0.6 is 0 Å². The lowest BCUT2D eigenvalue weighted by Gasteiger charge is -2.32. The quantitative estimate of drug-likeness (QED) is 0.701. The highest BCUT2D eigenvalue weighted by Gasteiger charge is 2.35. The Hall–Kier alpha value is -2.00. The Labute approximate surface area is 159 Å². The van der Waals surface area contributed by atoms with Gasteiger partial charge < -0.3 is 19.7 Å². The van der Waals surface area contributed by atoms with E-state index in [1.807, 2.05) is 0 Å². The molecule has 0 radical (unpaired) electrons. The smallest absolute Gasteiger partial charge is 0.276 e. The molecule has 0 spiro atoms. The topological polar surface area (TPSA) is 98.6 Å². The number of fused-ring (bicyclic) bond motifs is 1. The summed E-state index contributed by atoms with van der Waals surface area (Å²) in [4.78, 5) is 27.1. The third kappa shape index (κ3) is 4.65. The maximum Gasteiger partial charge on any atom is 0.276 e. The molecule has 1 atom stereocenters. The number of hydrogen-bond donors (Lipinski definition) is 1. The number of aromatic nitrogens is 3. The molecule has 1 aromatic rings. The summed E-state index contributed by atoms with van der Waals surface area (Å²) in [5.74, 6) is -0.0315. The molecule has 1 unspecified atom stereocenters. The van der Waals surface area contributed by atoms with Gasteiger partial charge in [0.1, 0.15) is 0 Å². The molecule has 3 rings (SSSR count). The highest BCUT2D eigenvalue weighted by atomic mass is 16.5. The van der Waals surface area contributed by atoms with E-state index >= 15 is 0 Å². The van der Waals surface area contributed by atoms with Gasteiger partial charge >= 0.3 is 0 Å². The van der Waals surface area contributed by atoms with Crippen LogP contribution < -0.4 is 5.32 Å². The first-order valence-electron chi connectivity index (χ1n) is 9.63. The minimum absolute atomic E-state index is 0.0228. The first-order chi connectivity index (χ1) is 13.0. The Morgan fingerprint density at radius 2 is 2.04 bits per heavy atom. The minimum Gasteiger partial charge on any atom is -0.382 e. The number of rotatable bonds is 7. The van der Waals surface area contributed by atoms with Gasteiger partial charge in [-0.05, 0) is 25.2 Å². The summed E-state index contributed by atoms with van der Waals surface area (Å²) < 4.78 is 12.3. The van der Waals surface area contributed by atoms with Gasteiger partial charge in [0.05, 0.1) is 25.9 Å². The Morgan fingerprint density at radius 3 is 2.70 bits per heavy atom. The molecular weight excluding hydrogens is 350 g/mol. The van der Waals surface area contributed by atoms with Crippen LogP contribution in [0.2, 0.25) is 0 Å². The summed E-state index contributed by atoms with van der Waals surface area (Å²) in [5, 5.41) is 11.1. The molecule has 27 heavy (non-hydrogen) atoms. The van der Waals surface area contributed by atoms with E-state index in [0.717, 1.165) is 19.3 Å². The third-order valence-electron chi connectivity index (χ3n) is 5.01. The molecule has 1 N–H and O–H groups in total. The van der Waals surface area contributed by atoms with Gasteiger partial charge in [0, 0.05) is 26.2 Å². The molecule has 1 fully saturated rings. The predicted octanol–water partition coefficient (Wildman–Crippen LogP) is 0.704. The average Bonchev–Trinajstić information content (AvgIpc) is 3.06. The van der Waals surface area contributed by atoms with Crippen LogP contribution in [0.5, 0.6) is 0 Å². The van der Waals surface area contributed by atoms with Crippen LogP contribution in [0, 0.1) is 5.92 Å². The van der Waals surface area contributed by atoms with Crippen molar-refractivity contribution >= 4 is 11.8 Å². The number of amides is 2. The molecule has 0 aliphatic carbocycles. The Kier molecular flexibility index (Phi) is 6.43. The van der Waals surface area contributed by atoms with Crippen LogP contribution in [0.15, 0.2) is 0 Å². The van der Waals surface area contributed by atoms with Crippen LogP contribution in [-0.2, 0) is 16.0 Å². The largest absolute Gasteiger partial charge is 0.382 e. The van der Waals surface area contributed by atoms with Gasteiger partial charge in [0.25, 0.3) is 11.8 Å². The fraction of sp³-hybridized carbons (Fsp3) is 0.778. The highest BCUT2D eigenvalue weighted by molar-refractivity contribution is 6.05. The van der Waals surface area contributed by atoms with Gasteiger partial charge in [-0.25, -0.2) is 4.68 Å². The van der Waals surface area contributed by atoms with Crippen molar-refractivity contribution in [3.8, 4) is 0 Å². The first-order valence-corrected chi connectivity index (χ1v) is 9.63. The van der Waals surface area contributed by atoms with Crippen LogP contribution in [-0.4, -0.2) is 77.3 Å². The molecule has 0 saturated carbocycles. The number of methoxy groups -OCH3 is 1. The third-order valence-corrected chi connectivity index (χ3v) is 5.01. The fourth-order valence-electron chi connectivity index (χ4n) is 3.69.